The fraction of sp³-hybridized carbons (Fsp3) is 0.409. The van der Waals surface area contributed by atoms with E-state index in [0.29, 0.717) is 7.05 Å². The minimum atomic E-state index is -4.00. The molecule has 2 aromatic carbocycles. The summed E-state index contributed by atoms with van der Waals surface area (Å²) in [4.78, 5) is 13.3. The lowest BCUT2D eigenvalue weighted by Gasteiger charge is -2.40. The van der Waals surface area contributed by atoms with Crippen LogP contribution in [0.3, 0.4) is 0 Å². The molecule has 0 aliphatic carbocycles. The molecule has 3 heteroatoms. The molecular weight excluding hydrogens is 310 g/mol. The molecule has 3 atom stereocenters. The summed E-state index contributed by atoms with van der Waals surface area (Å²) in [6, 6.07) is 5.26. The number of nitrogens with zero attached hydrogens (tertiary/aromatic N) is 1. The predicted molar refractivity (Wildman–Crippen MR) is 101 cm³/mol. The number of carbonyl (C=O) groups is 1. The molecule has 0 spiro atoms. The van der Waals surface area contributed by atoms with E-state index in [1.807, 2.05) is 0 Å². The van der Waals surface area contributed by atoms with E-state index >= 15 is 0 Å². The van der Waals surface area contributed by atoms with Crippen molar-refractivity contribution in [2.75, 3.05) is 7.05 Å². The lowest BCUT2D eigenvalue weighted by atomic mass is 9.88. The normalized spacial score (nSPS) is 44.5. The van der Waals surface area contributed by atoms with Crippen molar-refractivity contribution in [1.29, 1.82) is 0 Å². The van der Waals surface area contributed by atoms with Gasteiger partial charge in [-0.05, 0) is 31.7 Å². The molecule has 0 amide bonds. The zero-order chi connectivity index (χ0) is 29.4. The Hall–Kier alpha value is -1.97. The summed E-state index contributed by atoms with van der Waals surface area (Å²) in [5, 5.41) is 11.1. The van der Waals surface area contributed by atoms with Gasteiger partial charge in [-0.25, -0.2) is 0 Å². The third-order valence-electron chi connectivity index (χ3n) is 3.58. The van der Waals surface area contributed by atoms with E-state index in [1.54, 1.807) is 0 Å². The van der Waals surface area contributed by atoms with Gasteiger partial charge in [-0.1, -0.05) is 67.0 Å². The molecule has 1 saturated heterocycles. The van der Waals surface area contributed by atoms with Gasteiger partial charge in [-0.3, -0.25) is 9.69 Å². The average molecular weight is 351 g/mol. The standard InChI is InChI=1S/C22H27NO2/c1-23-19(15-21(24)17-9-4-2-5-10-17)13-8-14-20(23)16-22(25)18-11-6-3-7-12-18/h2-7,9-12,19-21,24H,8,13-16H2,1H3/t19-,20+,21+/m0/s1/i8D2,13D2,14D2,15D2,16D2,19D,20D,21D. The SMILES string of the molecule is [2H]C1([2H])C([2H])([2H])[C@]([2H])(C([2H])([2H])C(=O)c2ccccc2)N(C)[C@]([2H])(C([2H])([2H])[C@@]([2H])(O)c2ccccc2)C1([2H])[2H]. The molecule has 132 valence electrons. The lowest BCUT2D eigenvalue weighted by molar-refractivity contribution is 0.0549. The molecule has 3 rings (SSSR count). The van der Waals surface area contributed by atoms with Crippen LogP contribution < -0.4 is 0 Å². The first-order chi connectivity index (χ1) is 17.0. The first kappa shape index (κ1) is 7.73. The number of carbonyl (C=O) groups excluding carboxylic acids is 1. The predicted octanol–water partition coefficient (Wildman–Crippen LogP) is 4.24. The van der Waals surface area contributed by atoms with E-state index in [9.17, 15) is 9.90 Å². The third kappa shape index (κ3) is 4.56. The lowest BCUT2D eigenvalue weighted by Crippen LogP contribution is -2.45. The highest BCUT2D eigenvalue weighted by molar-refractivity contribution is 5.96. The Balaban J connectivity index is 2.39. The van der Waals surface area contributed by atoms with Crippen molar-refractivity contribution in [2.24, 2.45) is 0 Å². The summed E-state index contributed by atoms with van der Waals surface area (Å²) in [6.07, 6.45) is -22.9. The number of hydrogen-bond donors (Lipinski definition) is 1. The second kappa shape index (κ2) is 8.41. The highest BCUT2D eigenvalue weighted by atomic mass is 16.3. The first-order valence-electron chi connectivity index (χ1n) is 14.1. The van der Waals surface area contributed by atoms with Gasteiger partial charge in [0.1, 0.15) is 0 Å². The molecule has 2 aromatic rings. The molecule has 1 aliphatic rings. The minimum absolute atomic E-state index is 0.0371. The van der Waals surface area contributed by atoms with Crippen molar-refractivity contribution in [3.05, 3.63) is 71.8 Å². The topological polar surface area (TPSA) is 40.5 Å². The molecule has 1 N–H and O–H groups in total. The Labute approximate surface area is 168 Å². The summed E-state index contributed by atoms with van der Waals surface area (Å²) in [5.74, 6) is -1.49. The number of ketones is 1. The first-order valence-corrected chi connectivity index (χ1v) is 7.64. The van der Waals surface area contributed by atoms with E-state index in [4.69, 9.17) is 17.8 Å². The average Bonchev–Trinajstić information content (AvgIpc) is 2.86. The van der Waals surface area contributed by atoms with Crippen LogP contribution >= 0.6 is 0 Å². The quantitative estimate of drug-likeness (QED) is 0.792. The molecule has 0 radical (unpaired) electrons. The second-order valence-corrected chi connectivity index (χ2v) is 5.29. The summed E-state index contributed by atoms with van der Waals surface area (Å²) < 4.78 is 112. The van der Waals surface area contributed by atoms with Crippen molar-refractivity contribution in [1.82, 2.24) is 4.90 Å². The van der Waals surface area contributed by atoms with Crippen LogP contribution in [0.1, 0.15) is 71.7 Å². The smallest absolute Gasteiger partial charge is 0.164 e. The van der Waals surface area contributed by atoms with Crippen LogP contribution in [0.5, 0.6) is 0 Å². The molecular formula is C22H27NO2. The number of piperidine rings is 1. The van der Waals surface area contributed by atoms with Gasteiger partial charge in [-0.15, -0.1) is 0 Å². The van der Waals surface area contributed by atoms with Gasteiger partial charge in [0.15, 0.2) is 5.78 Å². The number of rotatable bonds is 6. The number of likely N-dealkylation sites (tertiary alicyclic amines) is 1. The van der Waals surface area contributed by atoms with E-state index in [0.717, 1.165) is 12.1 Å². The zero-order valence-corrected chi connectivity index (χ0v) is 13.6. The van der Waals surface area contributed by atoms with Gasteiger partial charge in [-0.2, -0.15) is 0 Å². The maximum atomic E-state index is 13.3. The van der Waals surface area contributed by atoms with Crippen molar-refractivity contribution >= 4 is 5.78 Å². The number of benzene rings is 2. The Kier molecular flexibility index (Phi) is 2.60. The minimum Gasteiger partial charge on any atom is -0.388 e. The molecule has 0 unspecified atom stereocenters. The van der Waals surface area contributed by atoms with Crippen molar-refractivity contribution in [3.63, 3.8) is 0 Å². The van der Waals surface area contributed by atoms with Crippen molar-refractivity contribution in [2.45, 2.75) is 50.0 Å². The second-order valence-electron chi connectivity index (χ2n) is 5.29. The largest absolute Gasteiger partial charge is 0.388 e. The Morgan fingerprint density at radius 1 is 1.24 bits per heavy atom. The molecule has 1 fully saturated rings. The Bertz CT molecular complexity index is 1210. The van der Waals surface area contributed by atoms with Crippen LogP contribution in [0.25, 0.3) is 0 Å². The summed E-state index contributed by atoms with van der Waals surface area (Å²) >= 11 is 0. The molecule has 3 nitrogen and oxygen atoms in total. The van der Waals surface area contributed by atoms with Crippen LogP contribution in [-0.2, 0) is 0 Å². The van der Waals surface area contributed by atoms with Gasteiger partial charge in [0, 0.05) is 40.4 Å². The maximum absolute atomic E-state index is 13.3. The van der Waals surface area contributed by atoms with Crippen LogP contribution in [0, 0.1) is 0 Å². The highest BCUT2D eigenvalue weighted by Crippen LogP contribution is 2.30. The van der Waals surface area contributed by atoms with E-state index in [-0.39, 0.29) is 10.5 Å². The van der Waals surface area contributed by atoms with Gasteiger partial charge < -0.3 is 5.11 Å². The zero-order valence-electron chi connectivity index (χ0n) is 26.6. The van der Waals surface area contributed by atoms with Crippen LogP contribution in [0.2, 0.25) is 0 Å². The molecule has 1 aliphatic heterocycles. The van der Waals surface area contributed by atoms with Gasteiger partial charge in [0.25, 0.3) is 0 Å². The Morgan fingerprint density at radius 3 is 2.52 bits per heavy atom. The fourth-order valence-electron chi connectivity index (χ4n) is 2.21. The van der Waals surface area contributed by atoms with Crippen LogP contribution in [0.4, 0.5) is 0 Å². The fourth-order valence-corrected chi connectivity index (χ4v) is 2.21. The molecule has 0 saturated carbocycles. The van der Waals surface area contributed by atoms with E-state index in [2.05, 4.69) is 0 Å². The summed E-state index contributed by atoms with van der Waals surface area (Å²) in [7, 11) is 0.611. The molecule has 0 aromatic heterocycles. The summed E-state index contributed by atoms with van der Waals surface area (Å²) in [6.45, 7) is 0. The number of hydrogen-bond acceptors (Lipinski definition) is 3. The van der Waals surface area contributed by atoms with Crippen molar-refractivity contribution < 1.29 is 27.7 Å². The summed E-state index contributed by atoms with van der Waals surface area (Å²) in [5.41, 5.74) is -0.795. The van der Waals surface area contributed by atoms with Crippen molar-refractivity contribution in [3.8, 4) is 0 Å². The molecule has 0 bridgehead atoms. The van der Waals surface area contributed by atoms with Gasteiger partial charge in [0.2, 0.25) is 0 Å². The number of Topliss-reactive ketones (excluding diaryl/α,β-unsaturated/α-hetero) is 1. The monoisotopic (exact) mass is 350 g/mol. The maximum Gasteiger partial charge on any atom is 0.164 e. The van der Waals surface area contributed by atoms with Crippen LogP contribution in [0.15, 0.2) is 60.7 Å². The van der Waals surface area contributed by atoms with E-state index < -0.39 is 61.3 Å². The van der Waals surface area contributed by atoms with Gasteiger partial charge in [0.05, 0.1) is 7.45 Å². The third-order valence-corrected chi connectivity index (χ3v) is 3.58. The highest BCUT2D eigenvalue weighted by Gasteiger charge is 2.30. The Morgan fingerprint density at radius 2 is 1.84 bits per heavy atom. The van der Waals surface area contributed by atoms with Crippen LogP contribution in [-0.4, -0.2) is 34.9 Å². The molecule has 1 heterocycles. The molecule has 25 heavy (non-hydrogen) atoms. The number of aliphatic hydroxyl groups is 1. The van der Waals surface area contributed by atoms with Gasteiger partial charge >= 0.3 is 0 Å². The van der Waals surface area contributed by atoms with E-state index in [1.165, 1.54) is 48.5 Å².